The molecule has 1 amide bonds. The number of hydrogen-bond acceptors (Lipinski definition) is 3. The van der Waals surface area contributed by atoms with Crippen molar-refractivity contribution in [1.82, 2.24) is 0 Å². The minimum absolute atomic E-state index is 0.355. The Bertz CT molecular complexity index is 544. The van der Waals surface area contributed by atoms with E-state index in [2.05, 4.69) is 4.74 Å². The van der Waals surface area contributed by atoms with Gasteiger partial charge in [-0.15, -0.1) is 0 Å². The maximum Gasteiger partial charge on any atom is 0.463 e. The molecular formula is C11H8F5NO4. The molecule has 1 aromatic carbocycles. The van der Waals surface area contributed by atoms with Crippen LogP contribution in [0.5, 0.6) is 5.75 Å². The summed E-state index contributed by atoms with van der Waals surface area (Å²) in [7, 11) is 0. The van der Waals surface area contributed by atoms with Crippen molar-refractivity contribution in [2.75, 3.05) is 11.9 Å². The second kappa shape index (κ2) is 5.94. The van der Waals surface area contributed by atoms with Gasteiger partial charge < -0.3 is 15.2 Å². The molecular weight excluding hydrogens is 305 g/mol. The maximum absolute atomic E-state index is 12.8. The molecule has 0 unspecified atom stereocenters. The van der Waals surface area contributed by atoms with Gasteiger partial charge in [0.2, 0.25) is 0 Å². The van der Waals surface area contributed by atoms with Gasteiger partial charge in [0.25, 0.3) is 0 Å². The van der Waals surface area contributed by atoms with E-state index in [-0.39, 0.29) is 5.75 Å². The monoisotopic (exact) mass is 313 g/mol. The third-order valence-corrected chi connectivity index (χ3v) is 2.13. The Morgan fingerprint density at radius 3 is 2.24 bits per heavy atom. The van der Waals surface area contributed by atoms with E-state index in [1.54, 1.807) is 0 Å². The van der Waals surface area contributed by atoms with Crippen molar-refractivity contribution in [1.29, 1.82) is 0 Å². The SMILES string of the molecule is O=C(O)COc1ccccc1NC(=O)C(F)(F)C(F)(F)F. The molecule has 116 valence electrons. The van der Waals surface area contributed by atoms with Crippen molar-refractivity contribution >= 4 is 17.6 Å². The number of ether oxygens (including phenoxy) is 1. The van der Waals surface area contributed by atoms with Crippen LogP contribution in [-0.4, -0.2) is 35.7 Å². The zero-order chi connectivity index (χ0) is 16.3. The number of carboxylic acid groups (broad SMARTS) is 1. The molecule has 10 heteroatoms. The van der Waals surface area contributed by atoms with Crippen LogP contribution in [0.2, 0.25) is 0 Å². The predicted molar refractivity (Wildman–Crippen MR) is 59.2 cm³/mol. The fourth-order valence-corrected chi connectivity index (χ4v) is 1.16. The topological polar surface area (TPSA) is 75.6 Å². The lowest BCUT2D eigenvalue weighted by Crippen LogP contribution is -2.47. The highest BCUT2D eigenvalue weighted by molar-refractivity contribution is 5.97. The Morgan fingerprint density at radius 2 is 1.71 bits per heavy atom. The average molecular weight is 313 g/mol. The number of amides is 1. The summed E-state index contributed by atoms with van der Waals surface area (Å²) in [4.78, 5) is 21.3. The van der Waals surface area contributed by atoms with Gasteiger partial charge in [-0.1, -0.05) is 12.1 Å². The van der Waals surface area contributed by atoms with Gasteiger partial charge >= 0.3 is 24.0 Å². The molecule has 0 radical (unpaired) electrons. The number of halogens is 5. The highest BCUT2D eigenvalue weighted by Gasteiger charge is 2.63. The molecule has 2 N–H and O–H groups in total. The largest absolute Gasteiger partial charge is 0.480 e. The minimum atomic E-state index is -6.05. The standard InChI is InChI=1S/C11H8F5NO4/c12-10(13,11(14,15)16)9(20)17-6-3-1-2-4-7(6)21-5-8(18)19/h1-4H,5H2,(H,17,20)(H,18,19). The van der Waals surface area contributed by atoms with E-state index in [4.69, 9.17) is 5.11 Å². The summed E-state index contributed by atoms with van der Waals surface area (Å²) < 4.78 is 66.3. The number of hydrogen-bond donors (Lipinski definition) is 2. The number of para-hydroxylation sites is 2. The van der Waals surface area contributed by atoms with Crippen LogP contribution in [0, 0.1) is 0 Å². The Kier molecular flexibility index (Phi) is 4.71. The molecule has 0 saturated carbocycles. The van der Waals surface area contributed by atoms with Crippen LogP contribution >= 0.6 is 0 Å². The van der Waals surface area contributed by atoms with Gasteiger partial charge in [-0.25, -0.2) is 4.79 Å². The van der Waals surface area contributed by atoms with Crippen LogP contribution in [0.15, 0.2) is 24.3 Å². The molecule has 0 aliphatic rings. The van der Waals surface area contributed by atoms with Crippen molar-refractivity contribution in [2.24, 2.45) is 0 Å². The number of alkyl halides is 5. The van der Waals surface area contributed by atoms with Gasteiger partial charge in [0.05, 0.1) is 5.69 Å². The Balaban J connectivity index is 2.93. The van der Waals surface area contributed by atoms with Gasteiger partial charge in [0, 0.05) is 0 Å². The van der Waals surface area contributed by atoms with Crippen molar-refractivity contribution in [3.8, 4) is 5.75 Å². The Labute approximate surface area is 114 Å². The summed E-state index contributed by atoms with van der Waals surface area (Å²) in [6, 6.07) is 4.63. The summed E-state index contributed by atoms with van der Waals surface area (Å²) >= 11 is 0. The van der Waals surface area contributed by atoms with Crippen LogP contribution < -0.4 is 10.1 Å². The molecule has 0 aliphatic heterocycles. The molecule has 0 atom stereocenters. The molecule has 0 fully saturated rings. The third-order valence-electron chi connectivity index (χ3n) is 2.13. The first-order chi connectivity index (χ1) is 9.55. The first-order valence-electron chi connectivity index (χ1n) is 5.25. The summed E-state index contributed by atoms with van der Waals surface area (Å²) in [5.41, 5.74) is -0.507. The quantitative estimate of drug-likeness (QED) is 0.818. The van der Waals surface area contributed by atoms with E-state index in [9.17, 15) is 31.5 Å². The lowest BCUT2D eigenvalue weighted by atomic mass is 10.2. The first-order valence-corrected chi connectivity index (χ1v) is 5.25. The second-order valence-electron chi connectivity index (χ2n) is 3.70. The van der Waals surface area contributed by atoms with Crippen molar-refractivity contribution in [2.45, 2.75) is 12.1 Å². The number of carbonyl (C=O) groups excluding carboxylic acids is 1. The van der Waals surface area contributed by atoms with E-state index in [1.807, 2.05) is 0 Å². The van der Waals surface area contributed by atoms with Crippen LogP contribution in [0.25, 0.3) is 0 Å². The number of carbonyl (C=O) groups is 2. The van der Waals surface area contributed by atoms with Gasteiger partial charge in [-0.05, 0) is 12.1 Å². The van der Waals surface area contributed by atoms with E-state index in [1.165, 1.54) is 17.4 Å². The highest BCUT2D eigenvalue weighted by atomic mass is 19.4. The van der Waals surface area contributed by atoms with Crippen molar-refractivity contribution < 1.29 is 41.4 Å². The van der Waals surface area contributed by atoms with E-state index in [0.29, 0.717) is 0 Å². The third kappa shape index (κ3) is 4.04. The van der Waals surface area contributed by atoms with E-state index < -0.39 is 36.3 Å². The van der Waals surface area contributed by atoms with Gasteiger partial charge in [-0.3, -0.25) is 4.79 Å². The summed E-state index contributed by atoms with van der Waals surface area (Å²) in [6.07, 6.45) is -6.05. The highest BCUT2D eigenvalue weighted by Crippen LogP contribution is 2.37. The summed E-state index contributed by atoms with van der Waals surface area (Å²) in [5, 5.41) is 9.76. The molecule has 0 heterocycles. The summed E-state index contributed by atoms with van der Waals surface area (Å²) in [6.45, 7) is -0.859. The summed E-state index contributed by atoms with van der Waals surface area (Å²) in [5.74, 6) is -9.93. The van der Waals surface area contributed by atoms with Crippen molar-refractivity contribution in [3.05, 3.63) is 24.3 Å². The molecule has 5 nitrogen and oxygen atoms in total. The zero-order valence-corrected chi connectivity index (χ0v) is 10.1. The number of anilines is 1. The molecule has 1 aromatic rings. The number of aliphatic carboxylic acids is 1. The maximum atomic E-state index is 12.8. The van der Waals surface area contributed by atoms with Gasteiger partial charge in [0.1, 0.15) is 5.75 Å². The smallest absolute Gasteiger partial charge is 0.463 e. The first kappa shape index (κ1) is 16.7. The molecule has 0 saturated heterocycles. The molecule has 0 bridgehead atoms. The molecule has 0 spiro atoms. The lowest BCUT2D eigenvalue weighted by Gasteiger charge is -2.19. The Hall–Kier alpha value is -2.39. The average Bonchev–Trinajstić information content (AvgIpc) is 2.36. The molecule has 21 heavy (non-hydrogen) atoms. The van der Waals surface area contributed by atoms with Crippen molar-refractivity contribution in [3.63, 3.8) is 0 Å². The predicted octanol–water partition coefficient (Wildman–Crippen LogP) is 2.29. The van der Waals surface area contributed by atoms with E-state index in [0.717, 1.165) is 12.1 Å². The minimum Gasteiger partial charge on any atom is -0.480 e. The van der Waals surface area contributed by atoms with Crippen LogP contribution in [0.1, 0.15) is 0 Å². The number of benzene rings is 1. The fourth-order valence-electron chi connectivity index (χ4n) is 1.16. The lowest BCUT2D eigenvalue weighted by molar-refractivity contribution is -0.267. The fraction of sp³-hybridized carbons (Fsp3) is 0.273. The molecule has 0 aliphatic carbocycles. The normalized spacial score (nSPS) is 11.9. The van der Waals surface area contributed by atoms with Crippen LogP contribution in [0.3, 0.4) is 0 Å². The van der Waals surface area contributed by atoms with Crippen LogP contribution in [0.4, 0.5) is 27.6 Å². The Morgan fingerprint density at radius 1 is 1.14 bits per heavy atom. The van der Waals surface area contributed by atoms with E-state index >= 15 is 0 Å². The number of carboxylic acids is 1. The van der Waals surface area contributed by atoms with Gasteiger partial charge in [0.15, 0.2) is 6.61 Å². The second-order valence-corrected chi connectivity index (χ2v) is 3.70. The van der Waals surface area contributed by atoms with Crippen LogP contribution in [-0.2, 0) is 9.59 Å². The molecule has 1 rings (SSSR count). The number of nitrogens with one attached hydrogen (secondary N) is 1. The zero-order valence-electron chi connectivity index (χ0n) is 10.1. The molecule has 0 aromatic heterocycles. The number of rotatable bonds is 5. The van der Waals surface area contributed by atoms with Gasteiger partial charge in [-0.2, -0.15) is 22.0 Å².